The molecule has 1 saturated carbocycles. The van der Waals surface area contributed by atoms with Crippen molar-refractivity contribution in [2.24, 2.45) is 11.8 Å². The van der Waals surface area contributed by atoms with E-state index in [-0.39, 0.29) is 17.9 Å². The average molecular weight is 517 g/mol. The van der Waals surface area contributed by atoms with Gasteiger partial charge in [-0.2, -0.15) is 0 Å². The van der Waals surface area contributed by atoms with E-state index in [0.29, 0.717) is 29.5 Å². The maximum absolute atomic E-state index is 13.8. The van der Waals surface area contributed by atoms with Crippen LogP contribution in [0.25, 0.3) is 0 Å². The summed E-state index contributed by atoms with van der Waals surface area (Å²) >= 11 is 3.28. The third-order valence-electron chi connectivity index (χ3n) is 7.62. The van der Waals surface area contributed by atoms with Gasteiger partial charge in [-0.1, -0.05) is 62.7 Å². The van der Waals surface area contributed by atoms with Crippen LogP contribution < -0.4 is 10.2 Å². The van der Waals surface area contributed by atoms with E-state index in [4.69, 9.17) is 0 Å². The van der Waals surface area contributed by atoms with Crippen LogP contribution in [0.1, 0.15) is 59.4 Å². The van der Waals surface area contributed by atoms with Gasteiger partial charge in [0.1, 0.15) is 0 Å². The summed E-state index contributed by atoms with van der Waals surface area (Å²) in [5.41, 5.74) is 3.13. The van der Waals surface area contributed by atoms with Crippen molar-refractivity contribution in [3.63, 3.8) is 0 Å². The number of benzene rings is 3. The van der Waals surface area contributed by atoms with Crippen LogP contribution in [0.3, 0.4) is 0 Å². The maximum atomic E-state index is 13.8. The number of hydrogen-bond donors (Lipinski definition) is 1. The molecule has 0 spiro atoms. The standard InChI is InChI=1S/C30H32N2O2S2/c1-19-7-6-9-25(20(19)2)31-29(33)22-13-16-28-26(17-22)32(18-21-11-14-23(35-3)15-12-21)30(34)24-8-4-5-10-27(24)36-28/h4-5,8,10-17,19-20,25H,6-7,9,18H2,1-3H3,(H,31,33)/t19-,20+,25-/m1/s1. The van der Waals surface area contributed by atoms with Gasteiger partial charge in [-0.15, -0.1) is 11.8 Å². The summed E-state index contributed by atoms with van der Waals surface area (Å²) in [4.78, 5) is 32.1. The van der Waals surface area contributed by atoms with Crippen LogP contribution in [0, 0.1) is 11.8 Å². The van der Waals surface area contributed by atoms with E-state index in [9.17, 15) is 9.59 Å². The van der Waals surface area contributed by atoms with Gasteiger partial charge in [0.05, 0.1) is 17.8 Å². The highest BCUT2D eigenvalue weighted by Crippen LogP contribution is 2.42. The van der Waals surface area contributed by atoms with Gasteiger partial charge in [-0.05, 0) is 72.5 Å². The molecular weight excluding hydrogens is 484 g/mol. The second-order valence-corrected chi connectivity index (χ2v) is 11.8. The SMILES string of the molecule is CSc1ccc(CN2C(=O)c3ccccc3Sc3ccc(C(=O)N[C@@H]4CCC[C@@H](C)[C@@H]4C)cc32)cc1. The van der Waals surface area contributed by atoms with E-state index < -0.39 is 0 Å². The molecule has 36 heavy (non-hydrogen) atoms. The molecule has 3 aromatic rings. The Morgan fingerprint density at radius 2 is 1.81 bits per heavy atom. The molecule has 4 nitrogen and oxygen atoms in total. The molecular formula is C30H32N2O2S2. The topological polar surface area (TPSA) is 49.4 Å². The summed E-state index contributed by atoms with van der Waals surface area (Å²) in [6.45, 7) is 4.95. The largest absolute Gasteiger partial charge is 0.349 e. The molecule has 1 aliphatic carbocycles. The Kier molecular flexibility index (Phi) is 7.44. The number of nitrogens with zero attached hydrogens (tertiary/aromatic N) is 1. The first-order chi connectivity index (χ1) is 17.4. The first-order valence-corrected chi connectivity index (χ1v) is 14.7. The first-order valence-electron chi connectivity index (χ1n) is 12.6. The average Bonchev–Trinajstić information content (AvgIpc) is 3.01. The number of nitrogens with one attached hydrogen (secondary N) is 1. The second kappa shape index (κ2) is 10.7. The fraction of sp³-hybridized carbons (Fsp3) is 0.333. The summed E-state index contributed by atoms with van der Waals surface area (Å²) in [6, 6.07) is 22.0. The zero-order valence-electron chi connectivity index (χ0n) is 21.0. The molecule has 0 unspecified atom stereocenters. The number of carbonyl (C=O) groups is 2. The highest BCUT2D eigenvalue weighted by atomic mass is 32.2. The molecule has 1 aliphatic heterocycles. The first kappa shape index (κ1) is 25.0. The third-order valence-corrected chi connectivity index (χ3v) is 9.50. The van der Waals surface area contributed by atoms with Crippen LogP contribution in [-0.2, 0) is 6.54 Å². The van der Waals surface area contributed by atoms with Crippen molar-refractivity contribution < 1.29 is 9.59 Å². The van der Waals surface area contributed by atoms with Crippen molar-refractivity contribution in [1.29, 1.82) is 0 Å². The van der Waals surface area contributed by atoms with Gasteiger partial charge < -0.3 is 10.2 Å². The van der Waals surface area contributed by atoms with E-state index in [1.807, 2.05) is 47.4 Å². The molecule has 1 heterocycles. The number of amides is 2. The molecule has 3 atom stereocenters. The molecule has 186 valence electrons. The summed E-state index contributed by atoms with van der Waals surface area (Å²) in [5.74, 6) is 0.956. The van der Waals surface area contributed by atoms with E-state index in [1.54, 1.807) is 23.5 Å². The number of thioether (sulfide) groups is 1. The molecule has 2 aliphatic rings. The zero-order chi connectivity index (χ0) is 25.2. The van der Waals surface area contributed by atoms with Crippen molar-refractivity contribution in [1.82, 2.24) is 5.32 Å². The highest BCUT2D eigenvalue weighted by Gasteiger charge is 2.30. The molecule has 0 aromatic heterocycles. The van der Waals surface area contributed by atoms with Crippen LogP contribution >= 0.6 is 23.5 Å². The molecule has 2 amide bonds. The lowest BCUT2D eigenvalue weighted by atomic mass is 9.78. The van der Waals surface area contributed by atoms with Crippen molar-refractivity contribution >= 4 is 41.0 Å². The zero-order valence-corrected chi connectivity index (χ0v) is 22.6. The monoisotopic (exact) mass is 516 g/mol. The number of fused-ring (bicyclic) bond motifs is 2. The van der Waals surface area contributed by atoms with Crippen LogP contribution in [0.4, 0.5) is 5.69 Å². The summed E-state index contributed by atoms with van der Waals surface area (Å²) in [7, 11) is 0. The minimum Gasteiger partial charge on any atom is -0.349 e. The van der Waals surface area contributed by atoms with Crippen molar-refractivity contribution in [3.05, 3.63) is 83.4 Å². The van der Waals surface area contributed by atoms with Crippen molar-refractivity contribution in [3.8, 4) is 0 Å². The normalized spacial score (nSPS) is 21.4. The van der Waals surface area contributed by atoms with E-state index >= 15 is 0 Å². The summed E-state index contributed by atoms with van der Waals surface area (Å²) in [6.07, 6.45) is 5.44. The predicted molar refractivity (Wildman–Crippen MR) is 149 cm³/mol. The quantitative estimate of drug-likeness (QED) is 0.362. The minimum absolute atomic E-state index is 0.0434. The Morgan fingerprint density at radius 3 is 2.58 bits per heavy atom. The molecule has 0 bridgehead atoms. The van der Waals surface area contributed by atoms with Gasteiger partial charge in [0.2, 0.25) is 0 Å². The Balaban J connectivity index is 1.49. The molecule has 0 radical (unpaired) electrons. The van der Waals surface area contributed by atoms with Crippen LogP contribution in [0.15, 0.2) is 81.4 Å². The van der Waals surface area contributed by atoms with Crippen molar-refractivity contribution in [2.45, 2.75) is 60.4 Å². The van der Waals surface area contributed by atoms with Crippen LogP contribution in [0.2, 0.25) is 0 Å². The number of carbonyl (C=O) groups excluding carboxylic acids is 2. The van der Waals surface area contributed by atoms with E-state index in [1.165, 1.54) is 11.3 Å². The number of anilines is 1. The summed E-state index contributed by atoms with van der Waals surface area (Å²) < 4.78 is 0. The third kappa shape index (κ3) is 5.07. The van der Waals surface area contributed by atoms with Gasteiger partial charge in [-0.25, -0.2) is 0 Å². The van der Waals surface area contributed by atoms with Gasteiger partial charge in [0, 0.05) is 26.3 Å². The summed E-state index contributed by atoms with van der Waals surface area (Å²) in [5, 5.41) is 3.29. The molecule has 6 heteroatoms. The molecule has 3 aromatic carbocycles. The fourth-order valence-corrected chi connectivity index (χ4v) is 6.64. The van der Waals surface area contributed by atoms with Gasteiger partial charge in [-0.3, -0.25) is 9.59 Å². The van der Waals surface area contributed by atoms with Gasteiger partial charge >= 0.3 is 0 Å². The molecule has 1 N–H and O–H groups in total. The Bertz CT molecular complexity index is 1270. The van der Waals surface area contributed by atoms with Crippen molar-refractivity contribution in [2.75, 3.05) is 11.2 Å². The molecule has 0 saturated heterocycles. The molecule has 1 fully saturated rings. The van der Waals surface area contributed by atoms with Crippen LogP contribution in [0.5, 0.6) is 0 Å². The Hall–Kier alpha value is -2.70. The van der Waals surface area contributed by atoms with Gasteiger partial charge in [0.15, 0.2) is 0 Å². The smallest absolute Gasteiger partial charge is 0.259 e. The van der Waals surface area contributed by atoms with E-state index in [0.717, 1.165) is 33.9 Å². The second-order valence-electron chi connectivity index (χ2n) is 9.87. The van der Waals surface area contributed by atoms with Crippen LogP contribution in [-0.4, -0.2) is 24.1 Å². The predicted octanol–water partition coefficient (Wildman–Crippen LogP) is 7.27. The fourth-order valence-electron chi connectivity index (χ4n) is 5.17. The highest BCUT2D eigenvalue weighted by molar-refractivity contribution is 7.99. The number of rotatable bonds is 5. The lowest BCUT2D eigenvalue weighted by molar-refractivity contribution is 0.0889. The van der Waals surface area contributed by atoms with Gasteiger partial charge in [0.25, 0.3) is 11.8 Å². The molecule has 5 rings (SSSR count). The Morgan fingerprint density at radius 1 is 1.03 bits per heavy atom. The number of hydrogen-bond acceptors (Lipinski definition) is 4. The lowest BCUT2D eigenvalue weighted by Gasteiger charge is -2.34. The minimum atomic E-state index is -0.0627. The Labute approximate surface area is 222 Å². The lowest BCUT2D eigenvalue weighted by Crippen LogP contribution is -2.43. The maximum Gasteiger partial charge on any atom is 0.259 e. The van der Waals surface area contributed by atoms with E-state index in [2.05, 4.69) is 49.7 Å².